The van der Waals surface area contributed by atoms with Crippen molar-refractivity contribution in [2.45, 2.75) is 37.9 Å². The van der Waals surface area contributed by atoms with Crippen LogP contribution in [0.4, 0.5) is 0 Å². The Balaban J connectivity index is 1.97. The maximum Gasteiger partial charge on any atom is 0.455 e. The average Bonchev–Trinajstić information content (AvgIpc) is 2.32. The van der Waals surface area contributed by atoms with E-state index in [9.17, 15) is 0 Å². The summed E-state index contributed by atoms with van der Waals surface area (Å²) in [6.45, 7) is 0. The van der Waals surface area contributed by atoms with Crippen LogP contribution in [0.1, 0.15) is 32.1 Å². The van der Waals surface area contributed by atoms with Crippen LogP contribution in [0.15, 0.2) is 0 Å². The number of hydrogen-bond acceptors (Lipinski definition) is 2. The van der Waals surface area contributed by atoms with Crippen molar-refractivity contribution in [3.63, 3.8) is 0 Å². The highest BCUT2D eigenvalue weighted by Crippen LogP contribution is 2.67. The zero-order valence-electron chi connectivity index (χ0n) is 6.08. The Labute approximate surface area is 61.4 Å². The molecule has 0 amide bonds. The van der Waals surface area contributed by atoms with Crippen molar-refractivity contribution in [2.24, 2.45) is 5.41 Å². The van der Waals surface area contributed by atoms with Crippen molar-refractivity contribution >= 4 is 7.12 Å². The van der Waals surface area contributed by atoms with Crippen LogP contribution < -0.4 is 0 Å². The Kier molecular flexibility index (Phi) is 1.33. The lowest BCUT2D eigenvalue weighted by Gasteiger charge is -2.05. The third kappa shape index (κ3) is 0.806. The van der Waals surface area contributed by atoms with Gasteiger partial charge in [0, 0.05) is 0 Å². The predicted octanol–water partition coefficient (Wildman–Crippen LogP) is 0.793. The van der Waals surface area contributed by atoms with Gasteiger partial charge in [-0.1, -0.05) is 12.8 Å². The van der Waals surface area contributed by atoms with Crippen LogP contribution in [0.25, 0.3) is 0 Å². The van der Waals surface area contributed by atoms with Gasteiger partial charge in [-0.15, -0.1) is 0 Å². The Morgan fingerprint density at radius 3 is 2.20 bits per heavy atom. The molecule has 10 heavy (non-hydrogen) atoms. The molecule has 1 spiro atoms. The van der Waals surface area contributed by atoms with Gasteiger partial charge in [0.05, 0.1) is 0 Å². The lowest BCUT2D eigenvalue weighted by Crippen LogP contribution is -2.14. The summed E-state index contributed by atoms with van der Waals surface area (Å²) in [5, 5.41) is 17.7. The Hall–Kier alpha value is -0.0151. The summed E-state index contributed by atoms with van der Waals surface area (Å²) < 4.78 is 0. The van der Waals surface area contributed by atoms with Crippen LogP contribution in [-0.2, 0) is 0 Å². The zero-order valence-corrected chi connectivity index (χ0v) is 6.08. The van der Waals surface area contributed by atoms with Crippen LogP contribution in [0.3, 0.4) is 0 Å². The van der Waals surface area contributed by atoms with Crippen LogP contribution in [0.5, 0.6) is 0 Å². The normalized spacial score (nSPS) is 34.8. The highest BCUT2D eigenvalue weighted by Gasteiger charge is 2.59. The first kappa shape index (κ1) is 6.68. The molecule has 2 aliphatic rings. The van der Waals surface area contributed by atoms with Crippen LogP contribution in [0, 0.1) is 5.41 Å². The molecule has 0 radical (unpaired) electrons. The van der Waals surface area contributed by atoms with Crippen molar-refractivity contribution in [3.05, 3.63) is 0 Å². The fourth-order valence-electron chi connectivity index (χ4n) is 2.45. The molecule has 2 saturated carbocycles. The standard InChI is InChI=1S/C7H13BO2/c9-8(10)6-5-7(6)3-1-2-4-7/h6,9-10H,1-5H2. The maximum absolute atomic E-state index is 8.87. The molecule has 2 nitrogen and oxygen atoms in total. The van der Waals surface area contributed by atoms with Crippen LogP contribution in [-0.4, -0.2) is 17.2 Å². The van der Waals surface area contributed by atoms with Crippen LogP contribution >= 0.6 is 0 Å². The zero-order chi connectivity index (χ0) is 7.19. The van der Waals surface area contributed by atoms with Gasteiger partial charge in [-0.05, 0) is 30.5 Å². The van der Waals surface area contributed by atoms with E-state index in [4.69, 9.17) is 10.0 Å². The Bertz CT molecular complexity index is 141. The summed E-state index contributed by atoms with van der Waals surface area (Å²) in [6.07, 6.45) is 6.11. The summed E-state index contributed by atoms with van der Waals surface area (Å²) in [5.41, 5.74) is 0.383. The van der Waals surface area contributed by atoms with Crippen molar-refractivity contribution in [1.82, 2.24) is 0 Å². The van der Waals surface area contributed by atoms with Gasteiger partial charge in [0.1, 0.15) is 0 Å². The molecule has 0 heterocycles. The first-order valence-corrected chi connectivity index (χ1v) is 4.11. The van der Waals surface area contributed by atoms with Gasteiger partial charge >= 0.3 is 7.12 Å². The molecule has 56 valence electrons. The van der Waals surface area contributed by atoms with E-state index >= 15 is 0 Å². The maximum atomic E-state index is 8.87. The molecule has 0 aliphatic heterocycles. The van der Waals surface area contributed by atoms with Gasteiger partial charge in [-0.2, -0.15) is 0 Å². The molecule has 1 unspecified atom stereocenters. The molecule has 2 N–H and O–H groups in total. The lowest BCUT2D eigenvalue weighted by molar-refractivity contribution is 0.386. The van der Waals surface area contributed by atoms with E-state index in [0.29, 0.717) is 5.41 Å². The largest absolute Gasteiger partial charge is 0.455 e. The van der Waals surface area contributed by atoms with Gasteiger partial charge in [0.2, 0.25) is 0 Å². The minimum atomic E-state index is -1.04. The molecular weight excluding hydrogens is 127 g/mol. The summed E-state index contributed by atoms with van der Waals surface area (Å²) in [6, 6.07) is 0. The minimum absolute atomic E-state index is 0.218. The molecule has 2 aliphatic carbocycles. The molecule has 0 aromatic carbocycles. The molecule has 0 aromatic heterocycles. The molecular formula is C7H13BO2. The smallest absolute Gasteiger partial charge is 0.427 e. The summed E-state index contributed by atoms with van der Waals surface area (Å²) >= 11 is 0. The molecule has 1 atom stereocenters. The fourth-order valence-corrected chi connectivity index (χ4v) is 2.45. The molecule has 2 fully saturated rings. The van der Waals surface area contributed by atoms with Crippen molar-refractivity contribution in [1.29, 1.82) is 0 Å². The third-order valence-electron chi connectivity index (χ3n) is 3.21. The summed E-state index contributed by atoms with van der Waals surface area (Å²) in [7, 11) is -1.04. The predicted molar refractivity (Wildman–Crippen MR) is 39.5 cm³/mol. The van der Waals surface area contributed by atoms with Crippen molar-refractivity contribution in [3.8, 4) is 0 Å². The first-order valence-electron chi connectivity index (χ1n) is 4.11. The number of rotatable bonds is 1. The van der Waals surface area contributed by atoms with Crippen molar-refractivity contribution in [2.75, 3.05) is 0 Å². The van der Waals surface area contributed by atoms with Gasteiger partial charge in [-0.25, -0.2) is 0 Å². The molecule has 3 heteroatoms. The van der Waals surface area contributed by atoms with E-state index in [1.54, 1.807) is 0 Å². The first-order chi connectivity index (χ1) is 4.75. The Morgan fingerprint density at radius 1 is 1.20 bits per heavy atom. The molecule has 2 rings (SSSR count). The van der Waals surface area contributed by atoms with Crippen LogP contribution in [0.2, 0.25) is 5.82 Å². The molecule has 0 aromatic rings. The monoisotopic (exact) mass is 140 g/mol. The van der Waals surface area contributed by atoms with E-state index in [-0.39, 0.29) is 5.82 Å². The van der Waals surface area contributed by atoms with E-state index in [2.05, 4.69) is 0 Å². The average molecular weight is 140 g/mol. The highest BCUT2D eigenvalue weighted by atomic mass is 16.4. The second-order valence-corrected chi connectivity index (χ2v) is 3.79. The van der Waals surface area contributed by atoms with Gasteiger partial charge in [0.15, 0.2) is 0 Å². The lowest BCUT2D eigenvalue weighted by atomic mass is 9.77. The van der Waals surface area contributed by atoms with E-state index < -0.39 is 7.12 Å². The fraction of sp³-hybridized carbons (Fsp3) is 1.00. The molecule has 0 bridgehead atoms. The minimum Gasteiger partial charge on any atom is -0.427 e. The van der Waals surface area contributed by atoms with Gasteiger partial charge < -0.3 is 10.0 Å². The summed E-state index contributed by atoms with van der Waals surface area (Å²) in [5.74, 6) is 0.218. The topological polar surface area (TPSA) is 40.5 Å². The third-order valence-corrected chi connectivity index (χ3v) is 3.21. The van der Waals surface area contributed by atoms with E-state index in [1.165, 1.54) is 25.7 Å². The van der Waals surface area contributed by atoms with E-state index in [1.807, 2.05) is 0 Å². The van der Waals surface area contributed by atoms with Crippen molar-refractivity contribution < 1.29 is 10.0 Å². The van der Waals surface area contributed by atoms with Gasteiger partial charge in [-0.3, -0.25) is 0 Å². The summed E-state index contributed by atoms with van der Waals surface area (Å²) in [4.78, 5) is 0. The Morgan fingerprint density at radius 2 is 1.80 bits per heavy atom. The second-order valence-electron chi connectivity index (χ2n) is 3.79. The second kappa shape index (κ2) is 1.99. The van der Waals surface area contributed by atoms with Gasteiger partial charge in [0.25, 0.3) is 0 Å². The highest BCUT2D eigenvalue weighted by molar-refractivity contribution is 6.44. The number of hydrogen-bond donors (Lipinski definition) is 2. The SMILES string of the molecule is OB(O)C1CC12CCCC2. The van der Waals surface area contributed by atoms with E-state index in [0.717, 1.165) is 6.42 Å². The quantitative estimate of drug-likeness (QED) is 0.528. The molecule has 0 saturated heterocycles.